The van der Waals surface area contributed by atoms with Crippen molar-refractivity contribution in [2.24, 2.45) is 0 Å². The van der Waals surface area contributed by atoms with Crippen LogP contribution in [0.2, 0.25) is 5.02 Å². The van der Waals surface area contributed by atoms with Crippen LogP contribution in [0.15, 0.2) is 24.3 Å². The minimum absolute atomic E-state index is 0.201. The molecule has 1 rings (SSSR count). The molecule has 5 heteroatoms. The van der Waals surface area contributed by atoms with E-state index < -0.39 is 0 Å². The average molecular weight is 300 g/mol. The monoisotopic (exact) mass is 299 g/mol. The SMILES string of the molecule is CCOC(=O)CN(CCOc1ccc(Cl)cc1)C(C)C. The lowest BCUT2D eigenvalue weighted by Gasteiger charge is -2.25. The van der Waals surface area contributed by atoms with Gasteiger partial charge in [0.05, 0.1) is 13.2 Å². The lowest BCUT2D eigenvalue weighted by Crippen LogP contribution is -2.39. The number of esters is 1. The molecule has 0 atom stereocenters. The Labute approximate surface area is 125 Å². The molecule has 112 valence electrons. The summed E-state index contributed by atoms with van der Waals surface area (Å²) >= 11 is 5.81. The molecule has 0 spiro atoms. The summed E-state index contributed by atoms with van der Waals surface area (Å²) in [5.41, 5.74) is 0. The molecule has 0 heterocycles. The van der Waals surface area contributed by atoms with Crippen molar-refractivity contribution in [1.29, 1.82) is 0 Å². The van der Waals surface area contributed by atoms with E-state index in [1.807, 2.05) is 30.9 Å². The molecule has 0 amide bonds. The van der Waals surface area contributed by atoms with Crippen LogP contribution in [0.3, 0.4) is 0 Å². The summed E-state index contributed by atoms with van der Waals surface area (Å²) in [4.78, 5) is 13.5. The third-order valence-corrected chi connectivity index (χ3v) is 3.08. The summed E-state index contributed by atoms with van der Waals surface area (Å²) in [6.45, 7) is 7.77. The van der Waals surface area contributed by atoms with Crippen molar-refractivity contribution in [2.45, 2.75) is 26.8 Å². The number of hydrogen-bond acceptors (Lipinski definition) is 4. The maximum atomic E-state index is 11.5. The van der Waals surface area contributed by atoms with E-state index in [9.17, 15) is 4.79 Å². The molecule has 1 aromatic carbocycles. The van der Waals surface area contributed by atoms with Crippen LogP contribution in [0.4, 0.5) is 0 Å². The quantitative estimate of drug-likeness (QED) is 0.692. The maximum Gasteiger partial charge on any atom is 0.320 e. The van der Waals surface area contributed by atoms with Crippen LogP contribution in [0.25, 0.3) is 0 Å². The van der Waals surface area contributed by atoms with Gasteiger partial charge in [0.2, 0.25) is 0 Å². The van der Waals surface area contributed by atoms with E-state index in [1.165, 1.54) is 0 Å². The van der Waals surface area contributed by atoms with Crippen molar-refractivity contribution >= 4 is 17.6 Å². The summed E-state index contributed by atoms with van der Waals surface area (Å²) in [7, 11) is 0. The van der Waals surface area contributed by atoms with Crippen molar-refractivity contribution in [2.75, 3.05) is 26.3 Å². The number of carbonyl (C=O) groups excluding carboxylic acids is 1. The van der Waals surface area contributed by atoms with Gasteiger partial charge in [-0.2, -0.15) is 0 Å². The van der Waals surface area contributed by atoms with Crippen LogP contribution in [0.1, 0.15) is 20.8 Å². The molecule has 0 N–H and O–H groups in total. The fourth-order valence-corrected chi connectivity index (χ4v) is 1.83. The minimum Gasteiger partial charge on any atom is -0.492 e. The molecule has 0 radical (unpaired) electrons. The Morgan fingerprint density at radius 3 is 2.50 bits per heavy atom. The molecule has 0 aliphatic rings. The van der Waals surface area contributed by atoms with Crippen molar-refractivity contribution in [3.05, 3.63) is 29.3 Å². The Morgan fingerprint density at radius 2 is 1.95 bits per heavy atom. The molecule has 1 aromatic rings. The number of halogens is 1. The first kappa shape index (κ1) is 16.8. The number of carbonyl (C=O) groups is 1. The van der Waals surface area contributed by atoms with E-state index in [4.69, 9.17) is 21.1 Å². The number of nitrogens with zero attached hydrogens (tertiary/aromatic N) is 1. The molecule has 20 heavy (non-hydrogen) atoms. The summed E-state index contributed by atoms with van der Waals surface area (Å²) in [6.07, 6.45) is 0. The molecular formula is C15H22ClNO3. The molecule has 0 unspecified atom stereocenters. The largest absolute Gasteiger partial charge is 0.492 e. The second-order valence-corrected chi connectivity index (χ2v) is 5.11. The normalized spacial score (nSPS) is 10.9. The molecule has 0 aromatic heterocycles. The van der Waals surface area contributed by atoms with Gasteiger partial charge in [0.1, 0.15) is 12.4 Å². The molecule has 0 aliphatic carbocycles. The molecule has 0 bridgehead atoms. The van der Waals surface area contributed by atoms with Gasteiger partial charge in [-0.25, -0.2) is 0 Å². The van der Waals surface area contributed by atoms with Gasteiger partial charge >= 0.3 is 5.97 Å². The van der Waals surface area contributed by atoms with Crippen LogP contribution in [-0.2, 0) is 9.53 Å². The Kier molecular flexibility index (Phi) is 7.41. The zero-order chi connectivity index (χ0) is 15.0. The molecule has 0 fully saturated rings. The summed E-state index contributed by atoms with van der Waals surface area (Å²) in [6, 6.07) is 7.49. The number of hydrogen-bond donors (Lipinski definition) is 0. The zero-order valence-corrected chi connectivity index (χ0v) is 13.0. The first-order valence-electron chi connectivity index (χ1n) is 6.81. The smallest absolute Gasteiger partial charge is 0.320 e. The standard InChI is InChI=1S/C15H22ClNO3/c1-4-19-15(18)11-17(12(2)3)9-10-20-14-7-5-13(16)6-8-14/h5-8,12H,4,9-11H2,1-3H3. The predicted octanol–water partition coefficient (Wildman–Crippen LogP) is 2.99. The molecule has 0 saturated heterocycles. The second kappa shape index (κ2) is 8.82. The maximum absolute atomic E-state index is 11.5. The van der Waals surface area contributed by atoms with E-state index in [2.05, 4.69) is 0 Å². The third-order valence-electron chi connectivity index (χ3n) is 2.83. The average Bonchev–Trinajstić information content (AvgIpc) is 2.40. The third kappa shape index (κ3) is 6.26. The van der Waals surface area contributed by atoms with Gasteiger partial charge in [-0.15, -0.1) is 0 Å². The number of ether oxygens (including phenoxy) is 2. The highest BCUT2D eigenvalue weighted by molar-refractivity contribution is 6.30. The van der Waals surface area contributed by atoms with Gasteiger partial charge in [0.15, 0.2) is 0 Å². The fourth-order valence-electron chi connectivity index (χ4n) is 1.70. The summed E-state index contributed by atoms with van der Waals surface area (Å²) in [5.74, 6) is 0.571. The van der Waals surface area contributed by atoms with Crippen molar-refractivity contribution in [3.63, 3.8) is 0 Å². The summed E-state index contributed by atoms with van der Waals surface area (Å²) in [5, 5.41) is 0.684. The lowest BCUT2D eigenvalue weighted by atomic mass is 10.3. The van der Waals surface area contributed by atoms with Crippen LogP contribution < -0.4 is 4.74 Å². The van der Waals surface area contributed by atoms with Crippen molar-refractivity contribution in [1.82, 2.24) is 4.90 Å². The van der Waals surface area contributed by atoms with Gasteiger partial charge in [-0.3, -0.25) is 9.69 Å². The van der Waals surface area contributed by atoms with E-state index in [-0.39, 0.29) is 18.6 Å². The van der Waals surface area contributed by atoms with Crippen LogP contribution in [-0.4, -0.2) is 43.2 Å². The Bertz CT molecular complexity index is 406. The highest BCUT2D eigenvalue weighted by Gasteiger charge is 2.14. The number of benzene rings is 1. The highest BCUT2D eigenvalue weighted by Crippen LogP contribution is 2.15. The van der Waals surface area contributed by atoms with E-state index in [1.54, 1.807) is 19.1 Å². The van der Waals surface area contributed by atoms with E-state index >= 15 is 0 Å². The summed E-state index contributed by atoms with van der Waals surface area (Å²) < 4.78 is 10.6. The molecular weight excluding hydrogens is 278 g/mol. The van der Waals surface area contributed by atoms with Crippen molar-refractivity contribution in [3.8, 4) is 5.75 Å². The molecule has 0 saturated carbocycles. The molecule has 0 aliphatic heterocycles. The fraction of sp³-hybridized carbons (Fsp3) is 0.533. The molecule has 4 nitrogen and oxygen atoms in total. The Morgan fingerprint density at radius 1 is 1.30 bits per heavy atom. The van der Waals surface area contributed by atoms with E-state index in [0.717, 1.165) is 5.75 Å². The Hall–Kier alpha value is -1.26. The van der Waals surface area contributed by atoms with Crippen LogP contribution in [0, 0.1) is 0 Å². The minimum atomic E-state index is -0.201. The van der Waals surface area contributed by atoms with Gasteiger partial charge in [0, 0.05) is 17.6 Å². The van der Waals surface area contributed by atoms with Crippen LogP contribution >= 0.6 is 11.6 Å². The van der Waals surface area contributed by atoms with Crippen LogP contribution in [0.5, 0.6) is 5.75 Å². The zero-order valence-electron chi connectivity index (χ0n) is 12.3. The predicted molar refractivity (Wildman–Crippen MR) is 80.3 cm³/mol. The van der Waals surface area contributed by atoms with E-state index in [0.29, 0.717) is 24.8 Å². The first-order chi connectivity index (χ1) is 9.52. The van der Waals surface area contributed by atoms with Gasteiger partial charge in [-0.05, 0) is 45.0 Å². The highest BCUT2D eigenvalue weighted by atomic mass is 35.5. The van der Waals surface area contributed by atoms with Gasteiger partial charge < -0.3 is 9.47 Å². The second-order valence-electron chi connectivity index (χ2n) is 4.67. The van der Waals surface area contributed by atoms with Crippen molar-refractivity contribution < 1.29 is 14.3 Å². The first-order valence-corrected chi connectivity index (χ1v) is 7.18. The van der Waals surface area contributed by atoms with Gasteiger partial charge in [0.25, 0.3) is 0 Å². The van der Waals surface area contributed by atoms with Gasteiger partial charge in [-0.1, -0.05) is 11.6 Å². The topological polar surface area (TPSA) is 38.8 Å². The Balaban J connectivity index is 2.39. The lowest BCUT2D eigenvalue weighted by molar-refractivity contribution is -0.145. The number of rotatable bonds is 8.